The second-order valence-electron chi connectivity index (χ2n) is 6.11. The summed E-state index contributed by atoms with van der Waals surface area (Å²) in [6.07, 6.45) is 1.56. The summed E-state index contributed by atoms with van der Waals surface area (Å²) in [5, 5.41) is 8.66. The van der Waals surface area contributed by atoms with E-state index in [1.165, 1.54) is 28.4 Å². The average Bonchev–Trinajstić information content (AvgIpc) is 3.16. The maximum absolute atomic E-state index is 12.4. The zero-order valence-corrected chi connectivity index (χ0v) is 17.4. The van der Waals surface area contributed by atoms with Gasteiger partial charge in [0.2, 0.25) is 11.6 Å². The number of cyclic esters (lactones) is 1. The molecule has 0 bridgehead atoms. The molecular formula is C22H20N2O7. The third-order valence-corrected chi connectivity index (χ3v) is 4.32. The number of nitriles is 1. The summed E-state index contributed by atoms with van der Waals surface area (Å²) in [5.41, 5.74) is 1.24. The van der Waals surface area contributed by atoms with Crippen molar-refractivity contribution < 1.29 is 33.2 Å². The first-order valence-electron chi connectivity index (χ1n) is 9.05. The van der Waals surface area contributed by atoms with Gasteiger partial charge in [-0.1, -0.05) is 6.07 Å². The molecule has 0 fully saturated rings. The van der Waals surface area contributed by atoms with Gasteiger partial charge in [-0.25, -0.2) is 9.79 Å². The highest BCUT2D eigenvalue weighted by atomic mass is 16.6. The molecule has 0 unspecified atom stereocenters. The second kappa shape index (κ2) is 9.54. The van der Waals surface area contributed by atoms with Crippen molar-refractivity contribution in [2.75, 3.05) is 35.0 Å². The van der Waals surface area contributed by atoms with Gasteiger partial charge in [-0.05, 0) is 35.9 Å². The van der Waals surface area contributed by atoms with Crippen molar-refractivity contribution in [2.45, 2.75) is 0 Å². The Morgan fingerprint density at radius 1 is 0.968 bits per heavy atom. The molecule has 3 rings (SSSR count). The third kappa shape index (κ3) is 4.53. The van der Waals surface area contributed by atoms with Crippen molar-refractivity contribution in [1.82, 2.24) is 0 Å². The fraction of sp³-hybridized carbons (Fsp3) is 0.227. The van der Waals surface area contributed by atoms with Gasteiger partial charge in [-0.15, -0.1) is 0 Å². The van der Waals surface area contributed by atoms with Crippen LogP contribution in [0.1, 0.15) is 11.1 Å². The third-order valence-electron chi connectivity index (χ3n) is 4.32. The molecule has 0 aromatic heterocycles. The summed E-state index contributed by atoms with van der Waals surface area (Å²) in [6, 6.07) is 10.2. The van der Waals surface area contributed by atoms with E-state index in [0.29, 0.717) is 39.9 Å². The molecule has 0 amide bonds. The van der Waals surface area contributed by atoms with E-state index in [9.17, 15) is 4.79 Å². The van der Waals surface area contributed by atoms with E-state index in [4.69, 9.17) is 33.7 Å². The monoisotopic (exact) mass is 424 g/mol. The van der Waals surface area contributed by atoms with Gasteiger partial charge >= 0.3 is 5.97 Å². The van der Waals surface area contributed by atoms with Gasteiger partial charge in [-0.2, -0.15) is 5.26 Å². The van der Waals surface area contributed by atoms with Crippen LogP contribution in [0.15, 0.2) is 41.0 Å². The van der Waals surface area contributed by atoms with Crippen molar-refractivity contribution in [3.8, 4) is 34.8 Å². The first-order chi connectivity index (χ1) is 15.0. The number of nitrogens with zero attached hydrogens (tertiary/aromatic N) is 2. The zero-order chi connectivity index (χ0) is 22.4. The first kappa shape index (κ1) is 21.5. The number of rotatable bonds is 8. The van der Waals surface area contributed by atoms with Gasteiger partial charge < -0.3 is 28.4 Å². The quantitative estimate of drug-likeness (QED) is 0.470. The predicted octanol–water partition coefficient (Wildman–Crippen LogP) is 2.97. The molecule has 0 radical (unpaired) electrons. The minimum Gasteiger partial charge on any atom is -0.493 e. The Labute approximate surface area is 179 Å². The molecule has 0 saturated heterocycles. The van der Waals surface area contributed by atoms with Crippen LogP contribution in [0.5, 0.6) is 28.7 Å². The smallest absolute Gasteiger partial charge is 0.363 e. The van der Waals surface area contributed by atoms with Crippen LogP contribution < -0.4 is 23.7 Å². The molecule has 31 heavy (non-hydrogen) atoms. The van der Waals surface area contributed by atoms with E-state index >= 15 is 0 Å². The fourth-order valence-corrected chi connectivity index (χ4v) is 2.90. The van der Waals surface area contributed by atoms with Crippen LogP contribution in [-0.2, 0) is 9.53 Å². The minimum atomic E-state index is -0.604. The molecule has 0 atom stereocenters. The van der Waals surface area contributed by atoms with Crippen LogP contribution in [0.3, 0.4) is 0 Å². The van der Waals surface area contributed by atoms with E-state index < -0.39 is 5.97 Å². The number of aliphatic imine (C=N–C) groups is 1. The molecule has 0 N–H and O–H groups in total. The summed E-state index contributed by atoms with van der Waals surface area (Å²) in [7, 11) is 5.97. The van der Waals surface area contributed by atoms with Crippen molar-refractivity contribution in [1.29, 1.82) is 5.26 Å². The topological polar surface area (TPSA) is 109 Å². The van der Waals surface area contributed by atoms with Crippen LogP contribution in [-0.4, -0.2) is 46.9 Å². The highest BCUT2D eigenvalue weighted by molar-refractivity contribution is 6.13. The molecule has 160 valence electrons. The standard InChI is InChI=1S/C22H20N2O7/c1-26-17-10-13(5-6-16(17)30-8-7-23)9-15-22(25)31-21(24-15)14-11-18(27-2)20(29-4)19(12-14)28-3/h5-6,9-12H,8H2,1-4H3/b15-9-. The molecule has 0 aliphatic carbocycles. The Morgan fingerprint density at radius 3 is 2.23 bits per heavy atom. The van der Waals surface area contributed by atoms with E-state index in [2.05, 4.69) is 4.99 Å². The maximum atomic E-state index is 12.4. The Bertz CT molecular complexity index is 1070. The number of benzene rings is 2. The lowest BCUT2D eigenvalue weighted by molar-refractivity contribution is -0.129. The Kier molecular flexibility index (Phi) is 6.62. The number of hydrogen-bond donors (Lipinski definition) is 0. The lowest BCUT2D eigenvalue weighted by atomic mass is 10.1. The Morgan fingerprint density at radius 2 is 1.65 bits per heavy atom. The molecule has 9 heteroatoms. The van der Waals surface area contributed by atoms with Gasteiger partial charge in [-0.3, -0.25) is 0 Å². The average molecular weight is 424 g/mol. The van der Waals surface area contributed by atoms with E-state index in [-0.39, 0.29) is 18.2 Å². The molecule has 0 spiro atoms. The zero-order valence-electron chi connectivity index (χ0n) is 17.4. The van der Waals surface area contributed by atoms with Gasteiger partial charge in [0.15, 0.2) is 35.3 Å². The predicted molar refractivity (Wildman–Crippen MR) is 111 cm³/mol. The Balaban J connectivity index is 1.95. The molecule has 0 saturated carbocycles. The van der Waals surface area contributed by atoms with Crippen LogP contribution >= 0.6 is 0 Å². The van der Waals surface area contributed by atoms with Gasteiger partial charge in [0.25, 0.3) is 0 Å². The summed E-state index contributed by atoms with van der Waals surface area (Å²) in [5.74, 6) is 1.58. The van der Waals surface area contributed by atoms with E-state index in [1.54, 1.807) is 36.4 Å². The maximum Gasteiger partial charge on any atom is 0.363 e. The minimum absolute atomic E-state index is 0.106. The van der Waals surface area contributed by atoms with Crippen LogP contribution in [0.4, 0.5) is 0 Å². The number of methoxy groups -OCH3 is 4. The molecular weight excluding hydrogens is 404 g/mol. The molecule has 2 aromatic carbocycles. The summed E-state index contributed by atoms with van der Waals surface area (Å²) >= 11 is 0. The van der Waals surface area contributed by atoms with Crippen molar-refractivity contribution in [3.05, 3.63) is 47.2 Å². The van der Waals surface area contributed by atoms with E-state index in [0.717, 1.165) is 0 Å². The van der Waals surface area contributed by atoms with Crippen LogP contribution in [0.25, 0.3) is 6.08 Å². The summed E-state index contributed by atoms with van der Waals surface area (Å²) < 4.78 is 31.9. The van der Waals surface area contributed by atoms with Crippen molar-refractivity contribution >= 4 is 17.9 Å². The summed E-state index contributed by atoms with van der Waals surface area (Å²) in [6.45, 7) is -0.106. The van der Waals surface area contributed by atoms with Gasteiger partial charge in [0, 0.05) is 5.56 Å². The molecule has 2 aromatic rings. The van der Waals surface area contributed by atoms with Crippen LogP contribution in [0.2, 0.25) is 0 Å². The number of hydrogen-bond acceptors (Lipinski definition) is 9. The summed E-state index contributed by atoms with van der Waals surface area (Å²) in [4.78, 5) is 16.7. The largest absolute Gasteiger partial charge is 0.493 e. The van der Waals surface area contributed by atoms with Gasteiger partial charge in [0.05, 0.1) is 28.4 Å². The number of esters is 1. The normalized spacial score (nSPS) is 13.8. The highest BCUT2D eigenvalue weighted by Crippen LogP contribution is 2.39. The molecule has 1 aliphatic heterocycles. The van der Waals surface area contributed by atoms with E-state index in [1.807, 2.05) is 6.07 Å². The number of carbonyl (C=O) groups is 1. The fourth-order valence-electron chi connectivity index (χ4n) is 2.90. The second-order valence-corrected chi connectivity index (χ2v) is 6.11. The van der Waals surface area contributed by atoms with Crippen LogP contribution in [0, 0.1) is 11.3 Å². The molecule has 1 aliphatic rings. The first-order valence-corrected chi connectivity index (χ1v) is 9.05. The van der Waals surface area contributed by atoms with Crippen molar-refractivity contribution in [2.24, 2.45) is 4.99 Å². The lowest BCUT2D eigenvalue weighted by Crippen LogP contribution is -2.07. The van der Waals surface area contributed by atoms with Gasteiger partial charge in [0.1, 0.15) is 6.07 Å². The number of carbonyl (C=O) groups excluding carboxylic acids is 1. The highest BCUT2D eigenvalue weighted by Gasteiger charge is 2.26. The Hall–Kier alpha value is -4.19. The van der Waals surface area contributed by atoms with Crippen molar-refractivity contribution in [3.63, 3.8) is 0 Å². The molecule has 1 heterocycles. The lowest BCUT2D eigenvalue weighted by Gasteiger charge is -2.13. The SMILES string of the molecule is COc1cc(/C=C2\N=C(c3cc(OC)c(OC)c(OC)c3)OC2=O)ccc1OCC#N. The molecule has 9 nitrogen and oxygen atoms in total. The number of ether oxygens (including phenoxy) is 6.